The molecule has 1 aliphatic rings. The normalized spacial score (nSPS) is 15.3. The SMILES string of the molecule is Cc1nc(C)c2nc1OCCOCCCOc1ccc3[nH]nc-2c3c1. The van der Waals surface area contributed by atoms with Gasteiger partial charge in [0.15, 0.2) is 0 Å². The van der Waals surface area contributed by atoms with E-state index in [1.165, 1.54) is 0 Å². The first-order valence-electron chi connectivity index (χ1n) is 8.39. The zero-order valence-corrected chi connectivity index (χ0v) is 14.3. The number of H-pyrrole nitrogens is 1. The molecule has 1 aliphatic heterocycles. The van der Waals surface area contributed by atoms with Crippen LogP contribution in [0.5, 0.6) is 11.6 Å². The van der Waals surface area contributed by atoms with Crippen LogP contribution in [0.15, 0.2) is 18.2 Å². The zero-order valence-electron chi connectivity index (χ0n) is 14.3. The quantitative estimate of drug-likeness (QED) is 0.678. The Kier molecular flexibility index (Phi) is 4.23. The molecule has 0 amide bonds. The summed E-state index contributed by atoms with van der Waals surface area (Å²) in [5, 5.41) is 8.45. The molecule has 0 fully saturated rings. The van der Waals surface area contributed by atoms with E-state index in [2.05, 4.69) is 20.2 Å². The summed E-state index contributed by atoms with van der Waals surface area (Å²) in [5.74, 6) is 1.32. The average Bonchev–Trinajstić information content (AvgIpc) is 3.01. The predicted molar refractivity (Wildman–Crippen MR) is 93.0 cm³/mol. The lowest BCUT2D eigenvalue weighted by atomic mass is 10.1. The van der Waals surface area contributed by atoms with Gasteiger partial charge in [-0.1, -0.05) is 0 Å². The maximum atomic E-state index is 5.83. The van der Waals surface area contributed by atoms with Crippen molar-refractivity contribution in [2.24, 2.45) is 0 Å². The third kappa shape index (κ3) is 3.15. The summed E-state index contributed by atoms with van der Waals surface area (Å²) in [6.07, 6.45) is 0.821. The van der Waals surface area contributed by atoms with E-state index in [1.807, 2.05) is 32.0 Å². The minimum absolute atomic E-state index is 0.433. The fourth-order valence-electron chi connectivity index (χ4n) is 2.89. The third-order valence-corrected chi connectivity index (χ3v) is 4.13. The highest BCUT2D eigenvalue weighted by atomic mass is 16.5. The van der Waals surface area contributed by atoms with Crippen LogP contribution in [0.3, 0.4) is 0 Å². The van der Waals surface area contributed by atoms with Crippen LogP contribution in [0.2, 0.25) is 0 Å². The first kappa shape index (κ1) is 15.8. The lowest BCUT2D eigenvalue weighted by Crippen LogP contribution is -2.11. The fourth-order valence-corrected chi connectivity index (χ4v) is 2.89. The molecule has 0 aliphatic carbocycles. The van der Waals surface area contributed by atoms with E-state index in [9.17, 15) is 0 Å². The number of nitrogens with one attached hydrogen (secondary N) is 1. The molecule has 1 N–H and O–H groups in total. The van der Waals surface area contributed by atoms with Gasteiger partial charge in [-0.25, -0.2) is 4.98 Å². The van der Waals surface area contributed by atoms with Gasteiger partial charge in [0.1, 0.15) is 23.7 Å². The molecule has 4 bridgehead atoms. The highest BCUT2D eigenvalue weighted by molar-refractivity contribution is 5.93. The molecular formula is C18H20N4O3. The monoisotopic (exact) mass is 340 g/mol. The smallest absolute Gasteiger partial charge is 0.236 e. The van der Waals surface area contributed by atoms with Crippen molar-refractivity contribution in [3.8, 4) is 23.0 Å². The van der Waals surface area contributed by atoms with E-state index in [-0.39, 0.29) is 0 Å². The molecule has 0 saturated carbocycles. The minimum atomic E-state index is 0.433. The second-order valence-electron chi connectivity index (χ2n) is 5.99. The van der Waals surface area contributed by atoms with Crippen LogP contribution in [-0.4, -0.2) is 46.6 Å². The van der Waals surface area contributed by atoms with Gasteiger partial charge < -0.3 is 14.2 Å². The molecule has 130 valence electrons. The highest BCUT2D eigenvalue weighted by Gasteiger charge is 2.17. The molecule has 3 aromatic rings. The van der Waals surface area contributed by atoms with Gasteiger partial charge in [0.2, 0.25) is 5.88 Å². The summed E-state index contributed by atoms with van der Waals surface area (Å²) in [5.41, 5.74) is 3.96. The van der Waals surface area contributed by atoms with Gasteiger partial charge in [0.25, 0.3) is 0 Å². The first-order chi connectivity index (χ1) is 12.2. The molecule has 25 heavy (non-hydrogen) atoms. The Morgan fingerprint density at radius 1 is 0.920 bits per heavy atom. The number of hydrogen-bond acceptors (Lipinski definition) is 6. The topological polar surface area (TPSA) is 82.2 Å². The lowest BCUT2D eigenvalue weighted by molar-refractivity contribution is 0.0888. The molecule has 3 heterocycles. The molecule has 0 radical (unpaired) electrons. The van der Waals surface area contributed by atoms with Crippen molar-refractivity contribution in [3.63, 3.8) is 0 Å². The molecule has 0 saturated heterocycles. The number of rotatable bonds is 0. The molecule has 0 atom stereocenters. The Balaban J connectivity index is 1.85. The Morgan fingerprint density at radius 2 is 1.84 bits per heavy atom. The summed E-state index contributed by atoms with van der Waals surface area (Å²) in [4.78, 5) is 9.25. The van der Waals surface area contributed by atoms with E-state index in [0.29, 0.717) is 38.0 Å². The van der Waals surface area contributed by atoms with Crippen LogP contribution in [0.1, 0.15) is 17.8 Å². The van der Waals surface area contributed by atoms with Crippen molar-refractivity contribution in [3.05, 3.63) is 29.6 Å². The maximum absolute atomic E-state index is 5.83. The van der Waals surface area contributed by atoms with E-state index < -0.39 is 0 Å². The second kappa shape index (κ2) is 6.68. The van der Waals surface area contributed by atoms with E-state index in [4.69, 9.17) is 14.2 Å². The number of hydrogen-bond donors (Lipinski definition) is 1. The van der Waals surface area contributed by atoms with Crippen molar-refractivity contribution in [2.75, 3.05) is 26.4 Å². The molecule has 2 aromatic heterocycles. The Morgan fingerprint density at radius 3 is 2.76 bits per heavy atom. The number of aromatic amines is 1. The van der Waals surface area contributed by atoms with Crippen molar-refractivity contribution in [2.45, 2.75) is 20.3 Å². The van der Waals surface area contributed by atoms with Crippen molar-refractivity contribution >= 4 is 10.9 Å². The summed E-state index contributed by atoms with van der Waals surface area (Å²) in [6.45, 7) is 5.99. The van der Waals surface area contributed by atoms with E-state index in [1.54, 1.807) is 0 Å². The van der Waals surface area contributed by atoms with Crippen molar-refractivity contribution in [1.82, 2.24) is 20.2 Å². The third-order valence-electron chi connectivity index (χ3n) is 4.13. The van der Waals surface area contributed by atoms with Gasteiger partial charge in [-0.05, 0) is 32.0 Å². The first-order valence-corrected chi connectivity index (χ1v) is 8.39. The fraction of sp³-hybridized carbons (Fsp3) is 0.389. The van der Waals surface area contributed by atoms with Crippen molar-refractivity contribution in [1.29, 1.82) is 0 Å². The summed E-state index contributed by atoms with van der Waals surface area (Å²) < 4.78 is 17.2. The highest BCUT2D eigenvalue weighted by Crippen LogP contribution is 2.31. The van der Waals surface area contributed by atoms with Crippen LogP contribution in [0, 0.1) is 13.8 Å². The standard InChI is InChI=1S/C18H20N4O3/c1-11-16-17-14-10-13(4-5-15(14)21-22-17)24-7-3-6-23-8-9-25-18(20-16)12(2)19-11/h4-5,10H,3,6-9H2,1-2H3,(H,21,22). The molecule has 4 rings (SSSR count). The maximum Gasteiger partial charge on any atom is 0.236 e. The average molecular weight is 340 g/mol. The van der Waals surface area contributed by atoms with Gasteiger partial charge >= 0.3 is 0 Å². The van der Waals surface area contributed by atoms with Gasteiger partial charge in [0.05, 0.1) is 30.1 Å². The number of ether oxygens (including phenoxy) is 3. The number of nitrogens with zero attached hydrogens (tertiary/aromatic N) is 3. The Hall–Kier alpha value is -2.67. The Labute approximate surface area is 145 Å². The predicted octanol–water partition coefficient (Wildman–Crippen LogP) is 2.81. The molecule has 7 heteroatoms. The van der Waals surface area contributed by atoms with Crippen LogP contribution >= 0.6 is 0 Å². The Bertz CT molecular complexity index is 907. The van der Waals surface area contributed by atoms with Crippen LogP contribution in [-0.2, 0) is 4.74 Å². The summed E-state index contributed by atoms with van der Waals surface area (Å²) in [7, 11) is 0. The number of benzene rings is 1. The van der Waals surface area contributed by atoms with Gasteiger partial charge in [0, 0.05) is 18.4 Å². The van der Waals surface area contributed by atoms with Gasteiger partial charge in [-0.15, -0.1) is 0 Å². The van der Waals surface area contributed by atoms with Crippen molar-refractivity contribution < 1.29 is 14.2 Å². The van der Waals surface area contributed by atoms with Crippen LogP contribution in [0.4, 0.5) is 0 Å². The van der Waals surface area contributed by atoms with E-state index in [0.717, 1.165) is 40.2 Å². The summed E-state index contributed by atoms with van der Waals surface area (Å²) >= 11 is 0. The largest absolute Gasteiger partial charge is 0.493 e. The van der Waals surface area contributed by atoms with E-state index >= 15 is 0 Å². The lowest BCUT2D eigenvalue weighted by Gasteiger charge is -2.11. The van der Waals surface area contributed by atoms with Gasteiger partial charge in [-0.2, -0.15) is 5.10 Å². The molecule has 0 spiro atoms. The summed E-state index contributed by atoms with van der Waals surface area (Å²) in [6, 6.07) is 5.88. The molecule has 0 unspecified atom stereocenters. The molecular weight excluding hydrogens is 320 g/mol. The second-order valence-corrected chi connectivity index (χ2v) is 5.99. The van der Waals surface area contributed by atoms with Crippen LogP contribution in [0.25, 0.3) is 22.3 Å². The number of aromatic nitrogens is 4. The van der Waals surface area contributed by atoms with Crippen LogP contribution < -0.4 is 9.47 Å². The molecule has 7 nitrogen and oxygen atoms in total. The number of fused-ring (bicyclic) bond motifs is 4. The minimum Gasteiger partial charge on any atom is -0.493 e. The molecule has 1 aromatic carbocycles. The zero-order chi connectivity index (χ0) is 17.2. The number of aryl methyl sites for hydroxylation is 2. The van der Waals surface area contributed by atoms with Gasteiger partial charge in [-0.3, -0.25) is 10.1 Å².